The number of rotatable bonds is 6. The Morgan fingerprint density at radius 1 is 1.17 bits per heavy atom. The van der Waals surface area contributed by atoms with Crippen molar-refractivity contribution in [2.45, 2.75) is 13.8 Å². The van der Waals surface area contributed by atoms with Gasteiger partial charge in [-0.2, -0.15) is 0 Å². The van der Waals surface area contributed by atoms with Crippen LogP contribution >= 0.6 is 11.6 Å². The smallest absolute Gasteiger partial charge is 0.294 e. The Kier molecular flexibility index (Phi) is 5.76. The van der Waals surface area contributed by atoms with E-state index < -0.39 is 4.92 Å². The Hall–Kier alpha value is -2.60. The largest absolute Gasteiger partial charge is 0.350 e. The fraction of sp³-hybridized carbons (Fsp3) is 0.235. The minimum Gasteiger partial charge on any atom is -0.350 e. The highest BCUT2D eigenvalue weighted by molar-refractivity contribution is 6.30. The summed E-state index contributed by atoms with van der Waals surface area (Å²) in [7, 11) is 0. The second-order valence-electron chi connectivity index (χ2n) is 5.10. The number of hydrogen-bond acceptors (Lipinski definition) is 4. The average Bonchev–Trinajstić information content (AvgIpc) is 2.58. The Bertz CT molecular complexity index is 743. The van der Waals surface area contributed by atoms with Crippen molar-refractivity contribution in [2.75, 3.05) is 18.4 Å². The van der Waals surface area contributed by atoms with Crippen LogP contribution in [0.5, 0.6) is 0 Å². The highest BCUT2D eigenvalue weighted by Gasteiger charge is 2.15. The summed E-state index contributed by atoms with van der Waals surface area (Å²) in [4.78, 5) is 24.6. The fourth-order valence-electron chi connectivity index (χ4n) is 2.31. The van der Waals surface area contributed by atoms with Gasteiger partial charge in [0, 0.05) is 35.4 Å². The van der Waals surface area contributed by atoms with Gasteiger partial charge in [-0.05, 0) is 50.2 Å². The second kappa shape index (κ2) is 7.79. The van der Waals surface area contributed by atoms with E-state index in [2.05, 4.69) is 5.32 Å². The first-order valence-electron chi connectivity index (χ1n) is 7.56. The summed E-state index contributed by atoms with van der Waals surface area (Å²) in [5.41, 5.74) is 1.46. The molecular formula is C17H18ClN3O3. The number of nitro benzene ring substituents is 1. The van der Waals surface area contributed by atoms with Gasteiger partial charge in [-0.1, -0.05) is 11.6 Å². The molecule has 0 atom stereocenters. The van der Waals surface area contributed by atoms with Gasteiger partial charge in [0.15, 0.2) is 0 Å². The molecule has 2 rings (SSSR count). The molecule has 0 heterocycles. The number of nitrogens with zero attached hydrogens (tertiary/aromatic N) is 2. The zero-order chi connectivity index (χ0) is 17.7. The van der Waals surface area contributed by atoms with Gasteiger partial charge in [0.25, 0.3) is 11.6 Å². The van der Waals surface area contributed by atoms with Crippen LogP contribution in [0.2, 0.25) is 5.02 Å². The molecule has 1 amide bonds. The van der Waals surface area contributed by atoms with Gasteiger partial charge in [0.2, 0.25) is 0 Å². The first-order chi connectivity index (χ1) is 11.5. The van der Waals surface area contributed by atoms with E-state index >= 15 is 0 Å². The molecule has 0 aliphatic carbocycles. The van der Waals surface area contributed by atoms with Crippen molar-refractivity contribution < 1.29 is 9.72 Å². The maximum atomic E-state index is 12.3. The van der Waals surface area contributed by atoms with Crippen molar-refractivity contribution >= 4 is 34.6 Å². The number of hydrogen-bond donors (Lipinski definition) is 1. The summed E-state index contributed by atoms with van der Waals surface area (Å²) in [5.74, 6) is -0.0379. The molecule has 0 fully saturated rings. The third kappa shape index (κ3) is 4.02. The molecule has 6 nitrogen and oxygen atoms in total. The van der Waals surface area contributed by atoms with Crippen LogP contribution in [-0.4, -0.2) is 28.8 Å². The second-order valence-corrected chi connectivity index (χ2v) is 5.53. The number of halogens is 1. The molecule has 24 heavy (non-hydrogen) atoms. The Balaban J connectivity index is 2.21. The summed E-state index contributed by atoms with van der Waals surface area (Å²) in [5, 5.41) is 14.4. The van der Waals surface area contributed by atoms with E-state index in [1.54, 1.807) is 41.3 Å². The summed E-state index contributed by atoms with van der Waals surface area (Å²) >= 11 is 5.80. The first kappa shape index (κ1) is 17.7. The topological polar surface area (TPSA) is 75.5 Å². The Labute approximate surface area is 145 Å². The minimum atomic E-state index is -0.494. The molecular weight excluding hydrogens is 330 g/mol. The van der Waals surface area contributed by atoms with Crippen LogP contribution in [0.15, 0.2) is 42.5 Å². The van der Waals surface area contributed by atoms with Gasteiger partial charge < -0.3 is 10.2 Å². The average molecular weight is 348 g/mol. The highest BCUT2D eigenvalue weighted by atomic mass is 35.5. The number of carbonyl (C=O) groups is 1. The minimum absolute atomic E-state index is 0.0379. The molecule has 0 aliphatic rings. The number of nitro groups is 1. The van der Waals surface area contributed by atoms with Gasteiger partial charge in [-0.3, -0.25) is 14.9 Å². The van der Waals surface area contributed by atoms with E-state index in [0.29, 0.717) is 35.1 Å². The molecule has 1 N–H and O–H groups in total. The lowest BCUT2D eigenvalue weighted by Crippen LogP contribution is -2.30. The molecule has 0 bridgehead atoms. The van der Waals surface area contributed by atoms with Gasteiger partial charge in [-0.15, -0.1) is 0 Å². The maximum Gasteiger partial charge on any atom is 0.294 e. The lowest BCUT2D eigenvalue weighted by molar-refractivity contribution is -0.383. The van der Waals surface area contributed by atoms with Gasteiger partial charge in [0.05, 0.1) is 4.92 Å². The molecule has 7 heteroatoms. The van der Waals surface area contributed by atoms with E-state index in [-0.39, 0.29) is 11.6 Å². The molecule has 0 aromatic heterocycles. The SMILES string of the molecule is CCN(CC)C(=O)c1ccc(Nc2ccc(Cl)cc2[N+](=O)[O-])cc1. The predicted molar refractivity (Wildman–Crippen MR) is 95.1 cm³/mol. The molecule has 0 saturated heterocycles. The van der Waals surface area contributed by atoms with Crippen molar-refractivity contribution in [1.29, 1.82) is 0 Å². The number of nitrogens with one attached hydrogen (secondary N) is 1. The third-order valence-electron chi connectivity index (χ3n) is 3.62. The lowest BCUT2D eigenvalue weighted by atomic mass is 10.1. The summed E-state index contributed by atoms with van der Waals surface area (Å²) in [6, 6.07) is 11.3. The van der Waals surface area contributed by atoms with Crippen LogP contribution in [-0.2, 0) is 0 Å². The van der Waals surface area contributed by atoms with Crippen LogP contribution < -0.4 is 5.32 Å². The molecule has 2 aromatic carbocycles. The van der Waals surface area contributed by atoms with E-state index in [1.165, 1.54) is 6.07 Å². The van der Waals surface area contributed by atoms with E-state index in [4.69, 9.17) is 11.6 Å². The van der Waals surface area contributed by atoms with Crippen LogP contribution in [0.3, 0.4) is 0 Å². The van der Waals surface area contributed by atoms with Crippen molar-refractivity contribution in [2.24, 2.45) is 0 Å². The van der Waals surface area contributed by atoms with Gasteiger partial charge in [0.1, 0.15) is 5.69 Å². The fourth-order valence-corrected chi connectivity index (χ4v) is 2.47. The first-order valence-corrected chi connectivity index (χ1v) is 7.94. The van der Waals surface area contributed by atoms with E-state index in [0.717, 1.165) is 0 Å². The molecule has 0 unspecified atom stereocenters. The number of benzene rings is 2. The van der Waals surface area contributed by atoms with Crippen molar-refractivity contribution in [3.05, 3.63) is 63.2 Å². The third-order valence-corrected chi connectivity index (χ3v) is 3.85. The number of amides is 1. The van der Waals surface area contributed by atoms with Crippen LogP contribution in [0.25, 0.3) is 0 Å². The quantitative estimate of drug-likeness (QED) is 0.617. The molecule has 126 valence electrons. The Morgan fingerprint density at radius 3 is 2.33 bits per heavy atom. The van der Waals surface area contributed by atoms with Gasteiger partial charge >= 0.3 is 0 Å². The molecule has 0 spiro atoms. The Morgan fingerprint density at radius 2 is 1.79 bits per heavy atom. The summed E-state index contributed by atoms with van der Waals surface area (Å²) < 4.78 is 0. The molecule has 2 aromatic rings. The van der Waals surface area contributed by atoms with Crippen molar-refractivity contribution in [3.8, 4) is 0 Å². The van der Waals surface area contributed by atoms with Crippen molar-refractivity contribution in [1.82, 2.24) is 4.90 Å². The molecule has 0 saturated carbocycles. The lowest BCUT2D eigenvalue weighted by Gasteiger charge is -2.18. The standard InChI is InChI=1S/C17H18ClN3O3/c1-3-20(4-2)17(22)12-5-8-14(9-6-12)19-15-10-7-13(18)11-16(15)21(23)24/h5-11,19H,3-4H2,1-2H3. The van der Waals surface area contributed by atoms with Gasteiger partial charge in [-0.25, -0.2) is 0 Å². The monoisotopic (exact) mass is 347 g/mol. The van der Waals surface area contributed by atoms with Crippen LogP contribution in [0, 0.1) is 10.1 Å². The zero-order valence-electron chi connectivity index (χ0n) is 13.5. The number of carbonyl (C=O) groups excluding carboxylic acids is 1. The zero-order valence-corrected chi connectivity index (χ0v) is 14.2. The van der Waals surface area contributed by atoms with E-state index in [1.807, 2.05) is 13.8 Å². The molecule has 0 aliphatic heterocycles. The normalized spacial score (nSPS) is 10.3. The molecule has 0 radical (unpaired) electrons. The summed E-state index contributed by atoms with van der Waals surface area (Å²) in [6.45, 7) is 5.15. The predicted octanol–water partition coefficient (Wildman–Crippen LogP) is 4.47. The maximum absolute atomic E-state index is 12.3. The van der Waals surface area contributed by atoms with Crippen LogP contribution in [0.4, 0.5) is 17.1 Å². The van der Waals surface area contributed by atoms with E-state index in [9.17, 15) is 14.9 Å². The highest BCUT2D eigenvalue weighted by Crippen LogP contribution is 2.30. The van der Waals surface area contributed by atoms with Crippen LogP contribution in [0.1, 0.15) is 24.2 Å². The van der Waals surface area contributed by atoms with Crippen molar-refractivity contribution in [3.63, 3.8) is 0 Å². The number of anilines is 2. The summed E-state index contributed by atoms with van der Waals surface area (Å²) in [6.07, 6.45) is 0.